The molecule has 0 bridgehead atoms. The first kappa shape index (κ1) is 18.1. The number of rotatable bonds is 8. The molecular weight excluding hydrogens is 310 g/mol. The van der Waals surface area contributed by atoms with Crippen molar-refractivity contribution >= 4 is 21.6 Å². The van der Waals surface area contributed by atoms with E-state index in [4.69, 9.17) is 0 Å². The molecule has 0 fully saturated rings. The zero-order valence-electron chi connectivity index (χ0n) is 12.5. The zero-order chi connectivity index (χ0) is 16.8. The van der Waals surface area contributed by atoms with E-state index in [1.54, 1.807) is 13.8 Å². The topological polar surface area (TPSA) is 110 Å². The molecule has 1 aromatic carbocycles. The van der Waals surface area contributed by atoms with Gasteiger partial charge in [-0.3, -0.25) is 14.9 Å². The number of hydrogen-bond acceptors (Lipinski definition) is 5. The highest BCUT2D eigenvalue weighted by Crippen LogP contribution is 2.15. The fourth-order valence-corrected chi connectivity index (χ4v) is 3.34. The van der Waals surface area contributed by atoms with Crippen molar-refractivity contribution < 1.29 is 18.1 Å². The summed E-state index contributed by atoms with van der Waals surface area (Å²) in [6, 6.07) is 5.31. The summed E-state index contributed by atoms with van der Waals surface area (Å²) in [5.74, 6) is -0.672. The lowest BCUT2D eigenvalue weighted by atomic mass is 10.2. The maximum absolute atomic E-state index is 12.3. The van der Waals surface area contributed by atoms with Gasteiger partial charge in [-0.1, -0.05) is 19.1 Å². The fourth-order valence-electron chi connectivity index (χ4n) is 1.84. The minimum atomic E-state index is -3.67. The normalized spacial score (nSPS) is 11.4. The van der Waals surface area contributed by atoms with Crippen molar-refractivity contribution in [1.82, 2.24) is 9.62 Å². The van der Waals surface area contributed by atoms with Crippen LogP contribution in [0.2, 0.25) is 0 Å². The molecular formula is C13H19N3O5S. The van der Waals surface area contributed by atoms with E-state index in [-0.39, 0.29) is 30.4 Å². The molecule has 0 aliphatic carbocycles. The van der Waals surface area contributed by atoms with Crippen LogP contribution in [-0.2, 0) is 20.6 Å². The van der Waals surface area contributed by atoms with Crippen LogP contribution in [0.1, 0.15) is 19.4 Å². The van der Waals surface area contributed by atoms with Gasteiger partial charge in [0.25, 0.3) is 5.69 Å². The van der Waals surface area contributed by atoms with Crippen LogP contribution in [-0.4, -0.2) is 43.2 Å². The summed E-state index contributed by atoms with van der Waals surface area (Å²) in [5, 5.41) is 13.1. The number of sulfonamides is 1. The van der Waals surface area contributed by atoms with Gasteiger partial charge in [0.1, 0.15) is 0 Å². The Hall–Kier alpha value is -2.00. The molecule has 122 valence electrons. The Labute approximate surface area is 129 Å². The lowest BCUT2D eigenvalue weighted by molar-refractivity contribution is -0.384. The number of carbonyl (C=O) groups excluding carboxylic acids is 1. The molecule has 0 aromatic heterocycles. The number of benzene rings is 1. The first-order valence-electron chi connectivity index (χ1n) is 6.78. The molecule has 22 heavy (non-hydrogen) atoms. The number of non-ortho nitro benzene ring substituents is 1. The lowest BCUT2D eigenvalue weighted by Crippen LogP contribution is -2.41. The Balaban J connectivity index is 2.83. The first-order chi connectivity index (χ1) is 10.3. The van der Waals surface area contributed by atoms with Crippen molar-refractivity contribution in [3.05, 3.63) is 39.9 Å². The van der Waals surface area contributed by atoms with Gasteiger partial charge in [-0.05, 0) is 12.5 Å². The summed E-state index contributed by atoms with van der Waals surface area (Å²) in [5.41, 5.74) is 0.329. The van der Waals surface area contributed by atoms with E-state index in [0.29, 0.717) is 12.1 Å². The van der Waals surface area contributed by atoms with Crippen molar-refractivity contribution in [3.63, 3.8) is 0 Å². The predicted molar refractivity (Wildman–Crippen MR) is 81.7 cm³/mol. The highest BCUT2D eigenvalue weighted by Gasteiger charge is 2.23. The summed E-state index contributed by atoms with van der Waals surface area (Å²) in [7, 11) is -3.67. The summed E-state index contributed by atoms with van der Waals surface area (Å²) < 4.78 is 25.7. The Kier molecular flexibility index (Phi) is 6.44. The molecule has 0 saturated heterocycles. The number of amides is 1. The third-order valence-electron chi connectivity index (χ3n) is 2.94. The number of nitrogens with one attached hydrogen (secondary N) is 1. The van der Waals surface area contributed by atoms with Crippen LogP contribution in [0.3, 0.4) is 0 Å². The van der Waals surface area contributed by atoms with E-state index in [2.05, 4.69) is 5.32 Å². The van der Waals surface area contributed by atoms with E-state index in [1.807, 2.05) is 0 Å². The molecule has 1 rings (SSSR count). The van der Waals surface area contributed by atoms with Crippen LogP contribution in [0.5, 0.6) is 0 Å². The van der Waals surface area contributed by atoms with Crippen LogP contribution >= 0.6 is 0 Å². The molecule has 1 N–H and O–H groups in total. The average molecular weight is 329 g/mol. The fraction of sp³-hybridized carbons (Fsp3) is 0.462. The quantitative estimate of drug-likeness (QED) is 0.562. The maximum Gasteiger partial charge on any atom is 0.269 e. The molecule has 0 radical (unpaired) electrons. The third-order valence-corrected chi connectivity index (χ3v) is 4.81. The second-order valence-electron chi connectivity index (χ2n) is 4.56. The van der Waals surface area contributed by atoms with Gasteiger partial charge < -0.3 is 5.32 Å². The molecule has 1 amide bonds. The van der Waals surface area contributed by atoms with Crippen LogP contribution in [0, 0.1) is 10.1 Å². The minimum absolute atomic E-state index is 0.101. The largest absolute Gasteiger partial charge is 0.355 e. The maximum atomic E-state index is 12.3. The van der Waals surface area contributed by atoms with Crippen molar-refractivity contribution in [2.75, 3.05) is 19.6 Å². The molecule has 9 heteroatoms. The molecule has 0 atom stereocenters. The molecule has 0 unspecified atom stereocenters. The number of nitrogens with zero attached hydrogens (tertiary/aromatic N) is 2. The number of hydrogen-bond donors (Lipinski definition) is 1. The SMILES string of the molecule is CCNC(=O)CN(CC)S(=O)(=O)Cc1ccc([N+](=O)[O-])cc1. The van der Waals surface area contributed by atoms with Crippen LogP contribution in [0.15, 0.2) is 24.3 Å². The average Bonchev–Trinajstić information content (AvgIpc) is 2.45. The smallest absolute Gasteiger partial charge is 0.269 e. The van der Waals surface area contributed by atoms with Gasteiger partial charge in [-0.15, -0.1) is 0 Å². The molecule has 0 spiro atoms. The minimum Gasteiger partial charge on any atom is -0.355 e. The Morgan fingerprint density at radius 3 is 2.32 bits per heavy atom. The van der Waals surface area contributed by atoms with Crippen molar-refractivity contribution in [2.24, 2.45) is 0 Å². The van der Waals surface area contributed by atoms with Crippen molar-refractivity contribution in [3.8, 4) is 0 Å². The monoisotopic (exact) mass is 329 g/mol. The van der Waals surface area contributed by atoms with E-state index < -0.39 is 14.9 Å². The number of likely N-dealkylation sites (N-methyl/N-ethyl adjacent to an activating group) is 2. The number of nitro groups is 1. The van der Waals surface area contributed by atoms with Gasteiger partial charge in [-0.2, -0.15) is 4.31 Å². The Bertz CT molecular complexity index is 628. The molecule has 0 heterocycles. The summed E-state index contributed by atoms with van der Waals surface area (Å²) in [6.45, 7) is 3.76. The summed E-state index contributed by atoms with van der Waals surface area (Å²) >= 11 is 0. The van der Waals surface area contributed by atoms with Crippen molar-refractivity contribution in [2.45, 2.75) is 19.6 Å². The standard InChI is InChI=1S/C13H19N3O5S/c1-3-14-13(17)9-15(4-2)22(20,21)10-11-5-7-12(8-6-11)16(18)19/h5-8H,3-4,9-10H2,1-2H3,(H,14,17). The van der Waals surface area contributed by atoms with Gasteiger partial charge in [0.15, 0.2) is 0 Å². The molecule has 1 aromatic rings. The number of nitro benzene ring substituents is 1. The third kappa shape index (κ3) is 5.08. The molecule has 8 nitrogen and oxygen atoms in total. The molecule has 0 aliphatic heterocycles. The van der Waals surface area contributed by atoms with Crippen LogP contribution in [0.4, 0.5) is 5.69 Å². The van der Waals surface area contributed by atoms with Gasteiger partial charge in [0, 0.05) is 25.2 Å². The second-order valence-corrected chi connectivity index (χ2v) is 6.53. The van der Waals surface area contributed by atoms with Gasteiger partial charge in [0.2, 0.25) is 15.9 Å². The van der Waals surface area contributed by atoms with Crippen LogP contribution in [0.25, 0.3) is 0 Å². The van der Waals surface area contributed by atoms with Gasteiger partial charge in [-0.25, -0.2) is 8.42 Å². The second kappa shape index (κ2) is 7.85. The summed E-state index contributed by atoms with van der Waals surface area (Å²) in [6.07, 6.45) is 0. The molecule has 0 saturated carbocycles. The Morgan fingerprint density at radius 2 is 1.86 bits per heavy atom. The Morgan fingerprint density at radius 1 is 1.27 bits per heavy atom. The predicted octanol–water partition coefficient (Wildman–Crippen LogP) is 0.883. The highest BCUT2D eigenvalue weighted by atomic mass is 32.2. The number of carbonyl (C=O) groups is 1. The zero-order valence-corrected chi connectivity index (χ0v) is 13.3. The van der Waals surface area contributed by atoms with E-state index >= 15 is 0 Å². The van der Waals surface area contributed by atoms with Crippen molar-refractivity contribution in [1.29, 1.82) is 0 Å². The van der Waals surface area contributed by atoms with E-state index in [1.165, 1.54) is 24.3 Å². The first-order valence-corrected chi connectivity index (χ1v) is 8.39. The lowest BCUT2D eigenvalue weighted by Gasteiger charge is -2.19. The van der Waals surface area contributed by atoms with E-state index in [0.717, 1.165) is 4.31 Å². The highest BCUT2D eigenvalue weighted by molar-refractivity contribution is 7.88. The van der Waals surface area contributed by atoms with Crippen LogP contribution < -0.4 is 5.32 Å². The molecule has 0 aliphatic rings. The van der Waals surface area contributed by atoms with Gasteiger partial charge in [0.05, 0.1) is 17.2 Å². The van der Waals surface area contributed by atoms with Gasteiger partial charge >= 0.3 is 0 Å². The van der Waals surface area contributed by atoms with E-state index in [9.17, 15) is 23.3 Å². The summed E-state index contributed by atoms with van der Waals surface area (Å²) in [4.78, 5) is 21.6.